The van der Waals surface area contributed by atoms with Crippen LogP contribution in [0.25, 0.3) is 0 Å². The Morgan fingerprint density at radius 3 is 2.95 bits per heavy atom. The fourth-order valence-electron chi connectivity index (χ4n) is 1.83. The lowest BCUT2D eigenvalue weighted by Gasteiger charge is -2.06. The average molecular weight is 262 g/mol. The summed E-state index contributed by atoms with van der Waals surface area (Å²) in [5, 5.41) is 6.63. The topological polar surface area (TPSA) is 72.9 Å². The Balaban J connectivity index is 1.91. The highest BCUT2D eigenvalue weighted by molar-refractivity contribution is 5.97. The van der Waals surface area contributed by atoms with Gasteiger partial charge in [-0.15, -0.1) is 0 Å². The van der Waals surface area contributed by atoms with E-state index in [0.717, 1.165) is 5.56 Å². The minimum Gasteiger partial charge on any atom is -0.396 e. The van der Waals surface area contributed by atoms with Gasteiger partial charge in [0.1, 0.15) is 11.5 Å². The highest BCUT2D eigenvalue weighted by atomic mass is 19.1. The fourth-order valence-corrected chi connectivity index (χ4v) is 1.83. The molecule has 0 saturated heterocycles. The quantitative estimate of drug-likeness (QED) is 0.867. The highest BCUT2D eigenvalue weighted by Gasteiger charge is 2.13. The molecule has 0 radical (unpaired) electrons. The van der Waals surface area contributed by atoms with E-state index in [-0.39, 0.29) is 11.7 Å². The van der Waals surface area contributed by atoms with E-state index in [1.807, 2.05) is 6.07 Å². The third-order valence-electron chi connectivity index (χ3n) is 2.77. The number of hydrogen-bond donors (Lipinski definition) is 2. The van der Waals surface area contributed by atoms with Gasteiger partial charge in [-0.1, -0.05) is 12.1 Å². The number of anilines is 1. The maximum Gasteiger partial charge on any atom is 0.271 e. The first-order chi connectivity index (χ1) is 9.08. The van der Waals surface area contributed by atoms with Gasteiger partial charge >= 0.3 is 0 Å². The van der Waals surface area contributed by atoms with Gasteiger partial charge in [-0.2, -0.15) is 5.10 Å². The summed E-state index contributed by atoms with van der Waals surface area (Å²) in [6.45, 7) is 0.410. The van der Waals surface area contributed by atoms with E-state index < -0.39 is 0 Å². The van der Waals surface area contributed by atoms with Gasteiger partial charge in [-0.05, 0) is 24.1 Å². The molecule has 1 amide bonds. The molecule has 0 saturated carbocycles. The number of halogens is 1. The van der Waals surface area contributed by atoms with E-state index in [1.54, 1.807) is 13.1 Å². The number of nitrogen functional groups attached to an aromatic ring is 1. The van der Waals surface area contributed by atoms with Gasteiger partial charge in [0.15, 0.2) is 0 Å². The zero-order chi connectivity index (χ0) is 13.8. The summed E-state index contributed by atoms with van der Waals surface area (Å²) < 4.78 is 14.4. The van der Waals surface area contributed by atoms with E-state index in [2.05, 4.69) is 10.4 Å². The number of hydrogen-bond acceptors (Lipinski definition) is 3. The molecule has 0 spiro atoms. The van der Waals surface area contributed by atoms with Crippen LogP contribution < -0.4 is 11.1 Å². The molecule has 6 heteroatoms. The van der Waals surface area contributed by atoms with Crippen LogP contribution in [-0.4, -0.2) is 22.2 Å². The van der Waals surface area contributed by atoms with Gasteiger partial charge in [0.2, 0.25) is 0 Å². The molecular weight excluding hydrogens is 247 g/mol. The van der Waals surface area contributed by atoms with Crippen LogP contribution in [0.1, 0.15) is 16.1 Å². The molecule has 0 aliphatic heterocycles. The van der Waals surface area contributed by atoms with Crippen LogP contribution in [0.4, 0.5) is 10.1 Å². The lowest BCUT2D eigenvalue weighted by molar-refractivity contribution is 0.0945. The van der Waals surface area contributed by atoms with Gasteiger partial charge in [-0.25, -0.2) is 4.39 Å². The Bertz CT molecular complexity index is 575. The fraction of sp³-hybridized carbons (Fsp3) is 0.231. The third-order valence-corrected chi connectivity index (χ3v) is 2.77. The van der Waals surface area contributed by atoms with Crippen LogP contribution in [0.5, 0.6) is 0 Å². The number of amides is 1. The monoisotopic (exact) mass is 262 g/mol. The molecule has 100 valence electrons. The lowest BCUT2D eigenvalue weighted by Crippen LogP contribution is -2.28. The van der Waals surface area contributed by atoms with Crippen molar-refractivity contribution in [3.63, 3.8) is 0 Å². The first-order valence-electron chi connectivity index (χ1n) is 5.88. The standard InChI is InChI=1S/C13H15FN4O/c1-18-12(11(15)8-17-18)13(19)16-6-5-9-3-2-4-10(14)7-9/h2-4,7-8H,5-6,15H2,1H3,(H,16,19). The number of rotatable bonds is 4. The number of nitrogens with one attached hydrogen (secondary N) is 1. The largest absolute Gasteiger partial charge is 0.396 e. The van der Waals surface area contributed by atoms with Gasteiger partial charge in [-0.3, -0.25) is 9.48 Å². The van der Waals surface area contributed by atoms with E-state index in [0.29, 0.717) is 24.3 Å². The van der Waals surface area contributed by atoms with Crippen molar-refractivity contribution < 1.29 is 9.18 Å². The van der Waals surface area contributed by atoms with Crippen molar-refractivity contribution in [2.45, 2.75) is 6.42 Å². The summed E-state index contributed by atoms with van der Waals surface area (Å²) >= 11 is 0. The Kier molecular flexibility index (Phi) is 3.79. The van der Waals surface area contributed by atoms with Crippen molar-refractivity contribution in [1.82, 2.24) is 15.1 Å². The summed E-state index contributed by atoms with van der Waals surface area (Å²) in [6.07, 6.45) is 1.99. The number of benzene rings is 1. The zero-order valence-electron chi connectivity index (χ0n) is 10.6. The Morgan fingerprint density at radius 1 is 1.53 bits per heavy atom. The molecule has 0 fully saturated rings. The molecule has 2 aromatic rings. The molecule has 0 bridgehead atoms. The van der Waals surface area contributed by atoms with Crippen LogP contribution in [0.2, 0.25) is 0 Å². The lowest BCUT2D eigenvalue weighted by atomic mass is 10.1. The van der Waals surface area contributed by atoms with E-state index in [9.17, 15) is 9.18 Å². The molecule has 0 aliphatic carbocycles. The van der Waals surface area contributed by atoms with Crippen LogP contribution in [0.15, 0.2) is 30.5 Å². The van der Waals surface area contributed by atoms with Crippen molar-refractivity contribution in [2.24, 2.45) is 7.05 Å². The Labute approximate surface area is 110 Å². The molecule has 19 heavy (non-hydrogen) atoms. The second-order valence-corrected chi connectivity index (χ2v) is 4.21. The average Bonchev–Trinajstić information content (AvgIpc) is 2.69. The summed E-state index contributed by atoms with van der Waals surface area (Å²) in [5.74, 6) is -0.561. The predicted molar refractivity (Wildman–Crippen MR) is 70.1 cm³/mol. The molecule has 2 rings (SSSR count). The SMILES string of the molecule is Cn1ncc(N)c1C(=O)NCCc1cccc(F)c1. The van der Waals surface area contributed by atoms with Crippen molar-refractivity contribution in [3.8, 4) is 0 Å². The highest BCUT2D eigenvalue weighted by Crippen LogP contribution is 2.09. The normalized spacial score (nSPS) is 10.4. The number of carbonyl (C=O) groups is 1. The van der Waals surface area contributed by atoms with Crippen LogP contribution in [-0.2, 0) is 13.5 Å². The number of aryl methyl sites for hydroxylation is 1. The smallest absolute Gasteiger partial charge is 0.271 e. The molecule has 1 aromatic carbocycles. The number of nitrogens with two attached hydrogens (primary N) is 1. The van der Waals surface area contributed by atoms with Crippen LogP contribution >= 0.6 is 0 Å². The summed E-state index contributed by atoms with van der Waals surface area (Å²) in [5.41, 5.74) is 7.15. The van der Waals surface area contributed by atoms with Crippen molar-refractivity contribution in [2.75, 3.05) is 12.3 Å². The van der Waals surface area contributed by atoms with Gasteiger partial charge < -0.3 is 11.1 Å². The van der Waals surface area contributed by atoms with E-state index in [4.69, 9.17) is 5.73 Å². The minimum absolute atomic E-state index is 0.278. The second kappa shape index (κ2) is 5.51. The molecule has 0 unspecified atom stereocenters. The summed E-state index contributed by atoms with van der Waals surface area (Å²) in [6, 6.07) is 6.29. The molecule has 1 heterocycles. The molecule has 0 atom stereocenters. The van der Waals surface area contributed by atoms with Gasteiger partial charge in [0.25, 0.3) is 5.91 Å². The van der Waals surface area contributed by atoms with E-state index in [1.165, 1.54) is 23.0 Å². The molecule has 0 aliphatic rings. The maximum atomic E-state index is 13.0. The maximum absolute atomic E-state index is 13.0. The van der Waals surface area contributed by atoms with Crippen LogP contribution in [0.3, 0.4) is 0 Å². The second-order valence-electron chi connectivity index (χ2n) is 4.21. The van der Waals surface area contributed by atoms with E-state index >= 15 is 0 Å². The molecular formula is C13H15FN4O. The number of aromatic nitrogens is 2. The molecule has 5 nitrogen and oxygen atoms in total. The third kappa shape index (κ3) is 3.09. The summed E-state index contributed by atoms with van der Waals surface area (Å²) in [4.78, 5) is 11.9. The summed E-state index contributed by atoms with van der Waals surface area (Å²) in [7, 11) is 1.65. The Hall–Kier alpha value is -2.37. The first-order valence-corrected chi connectivity index (χ1v) is 5.88. The number of nitrogens with zero attached hydrogens (tertiary/aromatic N) is 2. The molecule has 1 aromatic heterocycles. The Morgan fingerprint density at radius 2 is 2.32 bits per heavy atom. The zero-order valence-corrected chi connectivity index (χ0v) is 10.6. The molecule has 3 N–H and O–H groups in total. The van der Waals surface area contributed by atoms with Gasteiger partial charge in [0, 0.05) is 13.6 Å². The predicted octanol–water partition coefficient (Wildman–Crippen LogP) is 1.11. The van der Waals surface area contributed by atoms with Crippen molar-refractivity contribution >= 4 is 11.6 Å². The van der Waals surface area contributed by atoms with Crippen molar-refractivity contribution in [1.29, 1.82) is 0 Å². The first kappa shape index (κ1) is 13.1. The number of carbonyl (C=O) groups excluding carboxylic acids is 1. The van der Waals surface area contributed by atoms with Gasteiger partial charge in [0.05, 0.1) is 11.9 Å². The van der Waals surface area contributed by atoms with Crippen molar-refractivity contribution in [3.05, 3.63) is 47.5 Å². The van der Waals surface area contributed by atoms with Crippen LogP contribution in [0, 0.1) is 5.82 Å². The minimum atomic E-state index is -0.283.